The number of esters is 1. The second kappa shape index (κ2) is 5.05. The van der Waals surface area contributed by atoms with E-state index in [4.69, 9.17) is 4.74 Å². The summed E-state index contributed by atoms with van der Waals surface area (Å²) in [5.41, 5.74) is 0.237. The highest BCUT2D eigenvalue weighted by Crippen LogP contribution is 2.27. The highest BCUT2D eigenvalue weighted by Gasteiger charge is 2.20. The molecule has 0 aromatic heterocycles. The van der Waals surface area contributed by atoms with E-state index in [1.165, 1.54) is 6.08 Å². The Bertz CT molecular complexity index is 183. The monoisotopic (exact) mass is 184 g/mol. The zero-order chi connectivity index (χ0) is 10.5. The molecule has 1 atom stereocenters. The number of carbonyl (C=O) groups is 1. The minimum absolute atomic E-state index is 0.0274. The summed E-state index contributed by atoms with van der Waals surface area (Å²) in [6.45, 7) is 11.8. The largest absolute Gasteiger partial charge is 0.460 e. The molecule has 0 saturated carbocycles. The summed E-state index contributed by atoms with van der Waals surface area (Å²) in [5.74, 6) is -0.334. The van der Waals surface area contributed by atoms with E-state index in [0.717, 1.165) is 12.8 Å². The first-order valence-corrected chi connectivity index (χ1v) is 4.74. The summed E-state index contributed by atoms with van der Waals surface area (Å²) in [4.78, 5) is 10.9. The molecule has 0 rings (SSSR count). The third-order valence-electron chi connectivity index (χ3n) is 2.28. The van der Waals surface area contributed by atoms with Gasteiger partial charge < -0.3 is 4.74 Å². The fourth-order valence-electron chi connectivity index (χ4n) is 1.21. The predicted molar refractivity (Wildman–Crippen MR) is 54.4 cm³/mol. The van der Waals surface area contributed by atoms with Crippen LogP contribution in [0, 0.1) is 5.41 Å². The molecule has 2 nitrogen and oxygen atoms in total. The smallest absolute Gasteiger partial charge is 0.330 e. The average molecular weight is 184 g/mol. The maximum atomic E-state index is 10.9. The lowest BCUT2D eigenvalue weighted by Gasteiger charge is -2.26. The van der Waals surface area contributed by atoms with Crippen LogP contribution in [0.2, 0.25) is 0 Å². The van der Waals surface area contributed by atoms with Crippen LogP contribution in [-0.4, -0.2) is 12.1 Å². The first-order chi connectivity index (χ1) is 5.91. The van der Waals surface area contributed by atoms with Crippen LogP contribution in [0.1, 0.15) is 40.5 Å². The second-order valence-corrected chi connectivity index (χ2v) is 4.17. The maximum Gasteiger partial charge on any atom is 0.330 e. The molecule has 0 radical (unpaired) electrons. The van der Waals surface area contributed by atoms with Crippen molar-refractivity contribution in [1.29, 1.82) is 0 Å². The number of rotatable bonds is 5. The van der Waals surface area contributed by atoms with Crippen LogP contribution in [0.3, 0.4) is 0 Å². The van der Waals surface area contributed by atoms with Gasteiger partial charge in [-0.2, -0.15) is 0 Å². The molecule has 0 aromatic rings. The molecular formula is C11H20O2. The molecule has 76 valence electrons. The zero-order valence-corrected chi connectivity index (χ0v) is 9.09. The van der Waals surface area contributed by atoms with E-state index < -0.39 is 0 Å². The third-order valence-corrected chi connectivity index (χ3v) is 2.28. The van der Waals surface area contributed by atoms with Crippen molar-refractivity contribution < 1.29 is 9.53 Å². The van der Waals surface area contributed by atoms with E-state index in [0.29, 0.717) is 0 Å². The van der Waals surface area contributed by atoms with Gasteiger partial charge in [-0.3, -0.25) is 0 Å². The van der Waals surface area contributed by atoms with Crippen molar-refractivity contribution in [3.8, 4) is 0 Å². The number of ether oxygens (including phenoxy) is 1. The first kappa shape index (κ1) is 12.2. The van der Waals surface area contributed by atoms with Crippen molar-refractivity contribution in [2.45, 2.75) is 46.6 Å². The fourth-order valence-corrected chi connectivity index (χ4v) is 1.21. The van der Waals surface area contributed by atoms with Gasteiger partial charge in [0.05, 0.1) is 6.10 Å². The lowest BCUT2D eigenvalue weighted by Crippen LogP contribution is -2.22. The highest BCUT2D eigenvalue weighted by atomic mass is 16.5. The lowest BCUT2D eigenvalue weighted by atomic mass is 9.84. The molecule has 0 aliphatic carbocycles. The van der Waals surface area contributed by atoms with Crippen molar-refractivity contribution in [3.63, 3.8) is 0 Å². The molecule has 0 N–H and O–H groups in total. The molecule has 13 heavy (non-hydrogen) atoms. The van der Waals surface area contributed by atoms with Gasteiger partial charge in [-0.25, -0.2) is 4.79 Å². The minimum atomic E-state index is -0.334. The molecule has 0 heterocycles. The van der Waals surface area contributed by atoms with Crippen LogP contribution in [-0.2, 0) is 9.53 Å². The van der Waals surface area contributed by atoms with E-state index >= 15 is 0 Å². The van der Waals surface area contributed by atoms with Crippen LogP contribution in [0.4, 0.5) is 0 Å². The van der Waals surface area contributed by atoms with E-state index in [9.17, 15) is 4.79 Å². The molecule has 0 spiro atoms. The molecule has 0 amide bonds. The number of hydrogen-bond donors (Lipinski definition) is 0. The van der Waals surface area contributed by atoms with Gasteiger partial charge in [0.15, 0.2) is 0 Å². The SMILES string of the molecule is C=CC(=O)OC(C)CC(C)(C)CC. The van der Waals surface area contributed by atoms with Crippen LogP contribution < -0.4 is 0 Å². The average Bonchev–Trinajstić information content (AvgIpc) is 2.03. The van der Waals surface area contributed by atoms with Crippen molar-refractivity contribution in [2.75, 3.05) is 0 Å². The molecule has 0 saturated heterocycles. The zero-order valence-electron chi connectivity index (χ0n) is 9.09. The van der Waals surface area contributed by atoms with Gasteiger partial charge in [0.25, 0.3) is 0 Å². The normalized spacial score (nSPS) is 13.5. The van der Waals surface area contributed by atoms with Gasteiger partial charge in [-0.05, 0) is 18.8 Å². The second-order valence-electron chi connectivity index (χ2n) is 4.17. The summed E-state index contributed by atoms with van der Waals surface area (Å²) < 4.78 is 5.08. The Morgan fingerprint density at radius 2 is 2.15 bits per heavy atom. The quantitative estimate of drug-likeness (QED) is 0.485. The van der Waals surface area contributed by atoms with Crippen LogP contribution in [0.25, 0.3) is 0 Å². The summed E-state index contributed by atoms with van der Waals surface area (Å²) in [5, 5.41) is 0. The third kappa shape index (κ3) is 5.45. The van der Waals surface area contributed by atoms with Gasteiger partial charge in [-0.1, -0.05) is 33.8 Å². The van der Waals surface area contributed by atoms with E-state index in [2.05, 4.69) is 27.4 Å². The molecule has 1 unspecified atom stereocenters. The molecule has 0 aromatic carbocycles. The molecule has 0 bridgehead atoms. The Hall–Kier alpha value is -0.790. The van der Waals surface area contributed by atoms with Gasteiger partial charge in [0.1, 0.15) is 0 Å². The van der Waals surface area contributed by atoms with E-state index in [1.54, 1.807) is 0 Å². The van der Waals surface area contributed by atoms with Crippen molar-refractivity contribution in [2.24, 2.45) is 5.41 Å². The van der Waals surface area contributed by atoms with Crippen molar-refractivity contribution >= 4 is 5.97 Å². The fraction of sp³-hybridized carbons (Fsp3) is 0.727. The maximum absolute atomic E-state index is 10.9. The van der Waals surface area contributed by atoms with Crippen LogP contribution in [0.15, 0.2) is 12.7 Å². The number of hydrogen-bond acceptors (Lipinski definition) is 2. The van der Waals surface area contributed by atoms with Gasteiger partial charge in [0, 0.05) is 6.08 Å². The van der Waals surface area contributed by atoms with Crippen molar-refractivity contribution in [3.05, 3.63) is 12.7 Å². The standard InChI is InChI=1S/C11H20O2/c1-6-10(12)13-9(3)8-11(4,5)7-2/h6,9H,1,7-8H2,2-5H3. The van der Waals surface area contributed by atoms with E-state index in [-0.39, 0.29) is 17.5 Å². The lowest BCUT2D eigenvalue weighted by molar-refractivity contribution is -0.143. The Morgan fingerprint density at radius 3 is 2.54 bits per heavy atom. The van der Waals surface area contributed by atoms with Gasteiger partial charge >= 0.3 is 5.97 Å². The molecule has 0 fully saturated rings. The summed E-state index contributed by atoms with van der Waals surface area (Å²) in [7, 11) is 0. The summed E-state index contributed by atoms with van der Waals surface area (Å²) in [6.07, 6.45) is 3.15. The highest BCUT2D eigenvalue weighted by molar-refractivity contribution is 5.81. The first-order valence-electron chi connectivity index (χ1n) is 4.74. The Balaban J connectivity index is 3.93. The van der Waals surface area contributed by atoms with Crippen LogP contribution >= 0.6 is 0 Å². The topological polar surface area (TPSA) is 26.3 Å². The molecule has 0 aliphatic rings. The van der Waals surface area contributed by atoms with E-state index in [1.807, 2.05) is 6.92 Å². The predicted octanol–water partition coefficient (Wildman–Crippen LogP) is 2.93. The Labute approximate surface area is 81.0 Å². The summed E-state index contributed by atoms with van der Waals surface area (Å²) >= 11 is 0. The Kier molecular flexibility index (Phi) is 4.74. The Morgan fingerprint density at radius 1 is 1.62 bits per heavy atom. The van der Waals surface area contributed by atoms with Gasteiger partial charge in [0.2, 0.25) is 0 Å². The molecular weight excluding hydrogens is 164 g/mol. The molecule has 0 aliphatic heterocycles. The van der Waals surface area contributed by atoms with Gasteiger partial charge in [-0.15, -0.1) is 0 Å². The van der Waals surface area contributed by atoms with Crippen molar-refractivity contribution in [1.82, 2.24) is 0 Å². The summed E-state index contributed by atoms with van der Waals surface area (Å²) in [6, 6.07) is 0. The number of carbonyl (C=O) groups excluding carboxylic acids is 1. The minimum Gasteiger partial charge on any atom is -0.460 e. The van der Waals surface area contributed by atoms with Crippen LogP contribution in [0.5, 0.6) is 0 Å². The molecule has 2 heteroatoms.